The number of hydrogen-bond acceptors (Lipinski definition) is 4. The first-order chi connectivity index (χ1) is 8.45. The zero-order valence-electron chi connectivity index (χ0n) is 11.4. The number of amidine groups is 1. The van der Waals surface area contributed by atoms with Crippen LogP contribution in [0.15, 0.2) is 11.2 Å². The van der Waals surface area contributed by atoms with Crippen LogP contribution in [0.3, 0.4) is 0 Å². The average molecular weight is 251 g/mol. The van der Waals surface area contributed by atoms with Crippen LogP contribution in [-0.4, -0.2) is 22.6 Å². The summed E-state index contributed by atoms with van der Waals surface area (Å²) >= 11 is 0. The Morgan fingerprint density at radius 2 is 2.17 bits per heavy atom. The first-order valence-electron chi connectivity index (χ1n) is 6.04. The molecule has 0 radical (unpaired) electrons. The van der Waals surface area contributed by atoms with E-state index in [1.165, 1.54) is 0 Å². The third-order valence-electron chi connectivity index (χ3n) is 2.61. The van der Waals surface area contributed by atoms with E-state index in [-0.39, 0.29) is 5.84 Å². The third-order valence-corrected chi connectivity index (χ3v) is 2.61. The molecule has 0 saturated carbocycles. The summed E-state index contributed by atoms with van der Waals surface area (Å²) in [6, 6.07) is 1.88. The Kier molecular flexibility index (Phi) is 4.95. The van der Waals surface area contributed by atoms with Crippen molar-refractivity contribution >= 4 is 5.84 Å². The highest BCUT2D eigenvalue weighted by molar-refractivity contribution is 6.00. The van der Waals surface area contributed by atoms with Crippen molar-refractivity contribution in [2.24, 2.45) is 16.8 Å². The van der Waals surface area contributed by atoms with E-state index in [9.17, 15) is 0 Å². The molecule has 0 bridgehead atoms. The Bertz CT molecular complexity index is 442. The highest BCUT2D eigenvalue weighted by Crippen LogP contribution is 2.21. The molecule has 1 heterocycles. The molecule has 0 aliphatic heterocycles. The molecule has 1 rings (SSSR count). The number of hydrogen-bond donors (Lipinski definition) is 2. The molecule has 0 spiro atoms. The lowest BCUT2D eigenvalue weighted by molar-refractivity contribution is 0.277. The number of oxime groups is 1. The minimum absolute atomic E-state index is 0.0274. The monoisotopic (exact) mass is 251 g/mol. The number of aromatic nitrogens is 1. The van der Waals surface area contributed by atoms with E-state index in [4.69, 9.17) is 15.7 Å². The molecule has 0 atom stereocenters. The summed E-state index contributed by atoms with van der Waals surface area (Å²) in [5.74, 6) is 1.02. The molecular formula is C13H21N3O2. The van der Waals surface area contributed by atoms with Crippen molar-refractivity contribution < 1.29 is 9.94 Å². The van der Waals surface area contributed by atoms with Gasteiger partial charge in [-0.3, -0.25) is 0 Å². The van der Waals surface area contributed by atoms with Crippen molar-refractivity contribution in [1.82, 2.24) is 4.98 Å². The molecule has 1 aromatic heterocycles. The lowest BCUT2D eigenvalue weighted by Gasteiger charge is -2.13. The molecule has 0 saturated heterocycles. The van der Waals surface area contributed by atoms with E-state index in [0.29, 0.717) is 24.0 Å². The summed E-state index contributed by atoms with van der Waals surface area (Å²) in [5, 5.41) is 11.8. The van der Waals surface area contributed by atoms with Gasteiger partial charge in [0.15, 0.2) is 5.84 Å². The first kappa shape index (κ1) is 14.3. The summed E-state index contributed by atoms with van der Waals surface area (Å²) in [7, 11) is 0. The molecule has 0 amide bonds. The Balaban J connectivity index is 3.00. The topological polar surface area (TPSA) is 80.7 Å². The maximum atomic E-state index is 8.80. The predicted octanol–water partition coefficient (Wildman–Crippen LogP) is 2.22. The van der Waals surface area contributed by atoms with Gasteiger partial charge in [0.1, 0.15) is 0 Å². The van der Waals surface area contributed by atoms with Crippen LogP contribution in [0.25, 0.3) is 0 Å². The van der Waals surface area contributed by atoms with Crippen molar-refractivity contribution in [3.63, 3.8) is 0 Å². The molecule has 5 heteroatoms. The van der Waals surface area contributed by atoms with Crippen molar-refractivity contribution in [1.29, 1.82) is 0 Å². The maximum absolute atomic E-state index is 8.80. The zero-order chi connectivity index (χ0) is 13.7. The minimum atomic E-state index is 0.0274. The van der Waals surface area contributed by atoms with Gasteiger partial charge in [0.05, 0.1) is 12.2 Å². The molecule has 0 aliphatic carbocycles. The van der Waals surface area contributed by atoms with Crippen LogP contribution in [0.5, 0.6) is 5.88 Å². The fourth-order valence-corrected chi connectivity index (χ4v) is 1.66. The standard InChI is InChI=1S/C13H21N3O2/c1-8(2)5-6-18-13-11(12(14)16-17)9(3)7-10(4)15-13/h7-8,17H,5-6H2,1-4H3,(H2,14,16). The number of ether oxygens (including phenoxy) is 1. The Labute approximate surface area is 108 Å². The third kappa shape index (κ3) is 3.61. The van der Waals surface area contributed by atoms with Gasteiger partial charge < -0.3 is 15.7 Å². The second kappa shape index (κ2) is 6.23. The molecule has 0 unspecified atom stereocenters. The molecule has 0 aromatic carbocycles. The first-order valence-corrected chi connectivity index (χ1v) is 6.04. The Morgan fingerprint density at radius 3 is 2.72 bits per heavy atom. The van der Waals surface area contributed by atoms with Gasteiger partial charge in [0.2, 0.25) is 5.88 Å². The SMILES string of the molecule is Cc1cc(C)c(/C(N)=N/O)c(OCCC(C)C)n1. The van der Waals surface area contributed by atoms with Crippen molar-refractivity contribution in [2.45, 2.75) is 34.1 Å². The molecule has 0 fully saturated rings. The second-order valence-corrected chi connectivity index (χ2v) is 4.78. The average Bonchev–Trinajstić information content (AvgIpc) is 2.27. The number of aryl methyl sites for hydroxylation is 2. The van der Waals surface area contributed by atoms with E-state index in [1.807, 2.05) is 19.9 Å². The number of nitrogens with two attached hydrogens (primary N) is 1. The summed E-state index contributed by atoms with van der Waals surface area (Å²) in [4.78, 5) is 4.31. The predicted molar refractivity (Wildman–Crippen MR) is 71.2 cm³/mol. The lowest BCUT2D eigenvalue weighted by atomic mass is 10.1. The van der Waals surface area contributed by atoms with Crippen LogP contribution in [0.2, 0.25) is 0 Å². The number of nitrogens with zero attached hydrogens (tertiary/aromatic N) is 2. The Morgan fingerprint density at radius 1 is 1.50 bits per heavy atom. The van der Waals surface area contributed by atoms with Crippen LogP contribution in [-0.2, 0) is 0 Å². The highest BCUT2D eigenvalue weighted by Gasteiger charge is 2.14. The lowest BCUT2D eigenvalue weighted by Crippen LogP contribution is -2.18. The van der Waals surface area contributed by atoms with Gasteiger partial charge in [-0.2, -0.15) is 0 Å². The summed E-state index contributed by atoms with van der Waals surface area (Å²) in [6.45, 7) is 8.60. The largest absolute Gasteiger partial charge is 0.477 e. The normalized spacial score (nSPS) is 11.9. The van der Waals surface area contributed by atoms with E-state index in [0.717, 1.165) is 17.7 Å². The van der Waals surface area contributed by atoms with Crippen LogP contribution < -0.4 is 10.5 Å². The summed E-state index contributed by atoms with van der Waals surface area (Å²) < 4.78 is 5.65. The van der Waals surface area contributed by atoms with E-state index in [2.05, 4.69) is 24.0 Å². The maximum Gasteiger partial charge on any atom is 0.225 e. The van der Waals surface area contributed by atoms with Crippen molar-refractivity contribution in [2.75, 3.05) is 6.61 Å². The van der Waals surface area contributed by atoms with Gasteiger partial charge >= 0.3 is 0 Å². The quantitative estimate of drug-likeness (QED) is 0.364. The molecule has 3 N–H and O–H groups in total. The van der Waals surface area contributed by atoms with Gasteiger partial charge in [0.25, 0.3) is 0 Å². The molecular weight excluding hydrogens is 230 g/mol. The fraction of sp³-hybridized carbons (Fsp3) is 0.538. The van der Waals surface area contributed by atoms with Crippen molar-refractivity contribution in [3.8, 4) is 5.88 Å². The summed E-state index contributed by atoms with van der Waals surface area (Å²) in [5.41, 5.74) is 7.95. The Hall–Kier alpha value is -1.78. The molecule has 100 valence electrons. The van der Waals surface area contributed by atoms with Crippen LogP contribution in [0.1, 0.15) is 37.1 Å². The summed E-state index contributed by atoms with van der Waals surface area (Å²) in [6.07, 6.45) is 0.935. The second-order valence-electron chi connectivity index (χ2n) is 4.78. The van der Waals surface area contributed by atoms with Gasteiger partial charge in [-0.05, 0) is 37.8 Å². The highest BCUT2D eigenvalue weighted by atomic mass is 16.5. The van der Waals surface area contributed by atoms with Gasteiger partial charge in [-0.1, -0.05) is 19.0 Å². The smallest absolute Gasteiger partial charge is 0.225 e. The van der Waals surface area contributed by atoms with Crippen LogP contribution in [0, 0.1) is 19.8 Å². The number of rotatable bonds is 5. The van der Waals surface area contributed by atoms with E-state index >= 15 is 0 Å². The van der Waals surface area contributed by atoms with Crippen LogP contribution >= 0.6 is 0 Å². The van der Waals surface area contributed by atoms with Gasteiger partial charge in [-0.25, -0.2) is 4.98 Å². The van der Waals surface area contributed by atoms with Gasteiger partial charge in [-0.15, -0.1) is 0 Å². The molecule has 18 heavy (non-hydrogen) atoms. The van der Waals surface area contributed by atoms with E-state index in [1.54, 1.807) is 0 Å². The molecule has 5 nitrogen and oxygen atoms in total. The van der Waals surface area contributed by atoms with Crippen LogP contribution in [0.4, 0.5) is 0 Å². The zero-order valence-corrected chi connectivity index (χ0v) is 11.4. The van der Waals surface area contributed by atoms with Crippen molar-refractivity contribution in [3.05, 3.63) is 22.9 Å². The molecule has 1 aromatic rings. The van der Waals surface area contributed by atoms with E-state index < -0.39 is 0 Å². The minimum Gasteiger partial charge on any atom is -0.477 e. The fourth-order valence-electron chi connectivity index (χ4n) is 1.66. The molecule has 0 aliphatic rings. The number of pyridine rings is 1. The van der Waals surface area contributed by atoms with Gasteiger partial charge in [0, 0.05) is 5.69 Å².